The third-order valence-corrected chi connectivity index (χ3v) is 10.1. The normalized spacial score (nSPS) is 17.5. The molecule has 278 valence electrons. The third kappa shape index (κ3) is 6.87. The fraction of sp³-hybridized carbons (Fsp3) is 0.429. The van der Waals surface area contributed by atoms with Gasteiger partial charge in [0.2, 0.25) is 23.3 Å². The molecule has 0 spiro atoms. The van der Waals surface area contributed by atoms with E-state index in [9.17, 15) is 39.0 Å². The second-order valence-corrected chi connectivity index (χ2v) is 13.9. The molecule has 0 aliphatic carbocycles. The van der Waals surface area contributed by atoms with Gasteiger partial charge >= 0.3 is 11.9 Å². The van der Waals surface area contributed by atoms with Crippen molar-refractivity contribution >= 4 is 80.8 Å². The van der Waals surface area contributed by atoms with Gasteiger partial charge < -0.3 is 53.5 Å². The molecule has 2 amide bonds. The third-order valence-electron chi connectivity index (χ3n) is 8.19. The molecule has 0 saturated carbocycles. The summed E-state index contributed by atoms with van der Waals surface area (Å²) in [5, 5.41) is 27.8. The molecule has 2 aliphatic heterocycles. The fourth-order valence-electron chi connectivity index (χ4n) is 5.37. The van der Waals surface area contributed by atoms with E-state index in [4.69, 9.17) is 27.8 Å². The number of hydrogen-bond donors (Lipinski definition) is 8. The predicted octanol–water partition coefficient (Wildman–Crippen LogP) is -3.59. The molecular weight excluding hydrogens is 727 g/mol. The van der Waals surface area contributed by atoms with Gasteiger partial charge in [-0.2, -0.15) is 9.36 Å². The van der Waals surface area contributed by atoms with Crippen molar-refractivity contribution in [2.24, 2.45) is 23.7 Å². The molecule has 22 nitrogen and oxygen atoms in total. The van der Waals surface area contributed by atoms with Crippen molar-refractivity contribution in [3.05, 3.63) is 43.7 Å². The number of hydrogen-bond acceptors (Lipinski definition) is 18. The Morgan fingerprint density at radius 3 is 2.40 bits per heavy atom. The molecule has 0 unspecified atom stereocenters. The van der Waals surface area contributed by atoms with Crippen LogP contribution in [0.25, 0.3) is 0 Å². The summed E-state index contributed by atoms with van der Waals surface area (Å²) in [6.45, 7) is 3.37. The average Bonchev–Trinajstić information content (AvgIpc) is 3.64. The van der Waals surface area contributed by atoms with Crippen molar-refractivity contribution < 1.29 is 38.9 Å². The molecule has 24 heteroatoms. The molecule has 1 saturated heterocycles. The molecule has 2 aliphatic rings. The number of thioether (sulfide) groups is 1. The van der Waals surface area contributed by atoms with Gasteiger partial charge in [-0.1, -0.05) is 5.16 Å². The van der Waals surface area contributed by atoms with Crippen molar-refractivity contribution in [1.29, 1.82) is 0 Å². The van der Waals surface area contributed by atoms with Crippen LogP contribution in [0.15, 0.2) is 32.2 Å². The summed E-state index contributed by atoms with van der Waals surface area (Å²) >= 11 is 1.93. The molecule has 12 N–H and O–H groups in total. The Morgan fingerprint density at radius 2 is 1.83 bits per heavy atom. The Morgan fingerprint density at radius 1 is 1.15 bits per heavy atom. The zero-order valence-corrected chi connectivity index (χ0v) is 29.6. The van der Waals surface area contributed by atoms with E-state index >= 15 is 0 Å². The van der Waals surface area contributed by atoms with Gasteiger partial charge in [0.1, 0.15) is 28.5 Å². The first-order valence-electron chi connectivity index (χ1n) is 15.4. The smallest absolute Gasteiger partial charge is 0.352 e. The maximum absolute atomic E-state index is 13.4. The van der Waals surface area contributed by atoms with Gasteiger partial charge in [0.25, 0.3) is 22.7 Å². The molecule has 0 bridgehead atoms. The number of carbonyl (C=O) groups excluding carboxylic acids is 2. The number of carbonyl (C=O) groups is 4. The Hall–Kier alpha value is -5.59. The quantitative estimate of drug-likeness (QED) is 0.0230. The van der Waals surface area contributed by atoms with E-state index in [2.05, 4.69) is 25.1 Å². The SMILES string of the molecule is Cn1c(N)c(Nc2c(N(CCN)CCN)c(=O)c2=O)c[n+]1CC1=C(C(=O)O)N2C(=O)[C@@H](NC(=O)/C(=N\OC(C)(C)C(=O)O)c3nsc(N)n3)[C@H]2SC1. The van der Waals surface area contributed by atoms with Crippen LogP contribution in [-0.4, -0.2) is 108 Å². The Labute approximate surface area is 301 Å². The molecular formula is C28H36N13O9S2+. The molecule has 3 aromatic rings. The van der Waals surface area contributed by atoms with Crippen LogP contribution >= 0.6 is 23.3 Å². The molecule has 2 aromatic heterocycles. The molecule has 2 atom stereocenters. The minimum absolute atomic E-state index is 0.0172. The number of rotatable bonds is 16. The van der Waals surface area contributed by atoms with Crippen LogP contribution in [0.1, 0.15) is 19.7 Å². The highest BCUT2D eigenvalue weighted by atomic mass is 32.2. The van der Waals surface area contributed by atoms with Gasteiger partial charge in [0.05, 0.1) is 7.05 Å². The van der Waals surface area contributed by atoms with Crippen LogP contribution in [0.2, 0.25) is 0 Å². The van der Waals surface area contributed by atoms with Gasteiger partial charge in [-0.15, -0.1) is 21.1 Å². The van der Waals surface area contributed by atoms with Crippen LogP contribution in [0.3, 0.4) is 0 Å². The standard InChI is InChI=1S/C28H35N13O9S2/c1-28(2,26(48)49)50-36-14(21-35-27(32)52-37-21)22(44)34-15-23(45)41-16(25(46)47)11(10-51-24(15)41)8-40-9-12(20(31)38(40)3)33-13-17(19(43)18(13)42)39(6-4-29)7-5-30/h9,15,24,31H,4-8,10,29-30H2,1-3H3,(H6,32,33,34,35,37,43,44,46,47,48,49)/p+1/b36-14-/t15-,24-/m1/s1. The highest BCUT2D eigenvalue weighted by Crippen LogP contribution is 2.40. The highest BCUT2D eigenvalue weighted by Gasteiger charge is 2.55. The first-order chi connectivity index (χ1) is 24.5. The van der Waals surface area contributed by atoms with E-state index < -0.39 is 57.3 Å². The lowest BCUT2D eigenvalue weighted by Gasteiger charge is -2.49. The number of nitrogens with zero attached hydrogens (tertiary/aromatic N) is 7. The molecule has 1 aromatic carbocycles. The minimum atomic E-state index is -1.84. The molecule has 5 rings (SSSR count). The molecule has 4 heterocycles. The maximum Gasteiger partial charge on any atom is 0.352 e. The van der Waals surface area contributed by atoms with Gasteiger partial charge in [-0.05, 0) is 13.8 Å². The Bertz CT molecular complexity index is 2080. The molecule has 52 heavy (non-hydrogen) atoms. The summed E-state index contributed by atoms with van der Waals surface area (Å²) in [4.78, 5) is 87.5. The molecule has 1 fully saturated rings. The van der Waals surface area contributed by atoms with Crippen LogP contribution in [0.4, 0.5) is 28.0 Å². The number of anilines is 5. The number of nitrogens with one attached hydrogen (secondary N) is 2. The number of aliphatic carboxylic acids is 2. The van der Waals surface area contributed by atoms with Crippen molar-refractivity contribution in [3.8, 4) is 0 Å². The van der Waals surface area contributed by atoms with E-state index in [1.165, 1.54) is 36.5 Å². The Kier molecular flexibility index (Phi) is 10.5. The second-order valence-electron chi connectivity index (χ2n) is 12.0. The second kappa shape index (κ2) is 14.6. The van der Waals surface area contributed by atoms with Crippen LogP contribution in [0, 0.1) is 0 Å². The number of carboxylic acid groups (broad SMARTS) is 2. The van der Waals surface area contributed by atoms with E-state index in [1.807, 2.05) is 0 Å². The number of amides is 2. The van der Waals surface area contributed by atoms with Crippen molar-refractivity contribution in [2.45, 2.75) is 37.4 Å². The monoisotopic (exact) mass is 762 g/mol. The van der Waals surface area contributed by atoms with E-state index in [0.29, 0.717) is 5.57 Å². The average molecular weight is 763 g/mol. The fourth-order valence-corrected chi connectivity index (χ4v) is 7.14. The van der Waals surface area contributed by atoms with E-state index in [1.54, 1.807) is 16.6 Å². The summed E-state index contributed by atoms with van der Waals surface area (Å²) in [6, 6.07) is -1.19. The minimum Gasteiger partial charge on any atom is -0.478 e. The largest absolute Gasteiger partial charge is 0.478 e. The molecule has 0 radical (unpaired) electrons. The first kappa shape index (κ1) is 37.7. The zero-order valence-electron chi connectivity index (χ0n) is 28.0. The van der Waals surface area contributed by atoms with Gasteiger partial charge in [0, 0.05) is 49.0 Å². The summed E-state index contributed by atoms with van der Waals surface area (Å²) in [5.41, 5.74) is 20.0. The number of fused-ring (bicyclic) bond motifs is 1. The summed E-state index contributed by atoms with van der Waals surface area (Å²) in [6.07, 6.45) is 1.53. The topological polar surface area (TPSA) is 334 Å². The zero-order chi connectivity index (χ0) is 38.2. The van der Waals surface area contributed by atoms with Gasteiger partial charge in [0.15, 0.2) is 23.2 Å². The first-order valence-corrected chi connectivity index (χ1v) is 17.2. The van der Waals surface area contributed by atoms with Gasteiger partial charge in [-0.3, -0.25) is 24.1 Å². The Balaban J connectivity index is 1.36. The van der Waals surface area contributed by atoms with Gasteiger partial charge in [-0.25, -0.2) is 9.59 Å². The lowest BCUT2D eigenvalue weighted by molar-refractivity contribution is -0.765. The van der Waals surface area contributed by atoms with Crippen LogP contribution < -0.4 is 54.0 Å². The maximum atomic E-state index is 13.4. The van der Waals surface area contributed by atoms with E-state index in [0.717, 1.165) is 16.4 Å². The van der Waals surface area contributed by atoms with Crippen molar-refractivity contribution in [2.75, 3.05) is 53.6 Å². The summed E-state index contributed by atoms with van der Waals surface area (Å²) in [5.74, 6) is -4.47. The number of β-lactam (4-membered cyclic amide) rings is 1. The summed E-state index contributed by atoms with van der Waals surface area (Å²) in [7, 11) is 1.60. The number of oxime groups is 1. The van der Waals surface area contributed by atoms with Crippen molar-refractivity contribution in [1.82, 2.24) is 24.3 Å². The lowest BCUT2D eigenvalue weighted by Crippen LogP contribution is -2.71. The van der Waals surface area contributed by atoms with Crippen molar-refractivity contribution in [3.63, 3.8) is 0 Å². The predicted molar refractivity (Wildman–Crippen MR) is 188 cm³/mol. The number of carboxylic acids is 2. The van der Waals surface area contributed by atoms with E-state index in [-0.39, 0.29) is 78.0 Å². The lowest BCUT2D eigenvalue weighted by atomic mass is 10.0. The highest BCUT2D eigenvalue weighted by molar-refractivity contribution is 8.00. The summed E-state index contributed by atoms with van der Waals surface area (Å²) < 4.78 is 7.00. The number of aromatic nitrogens is 4. The van der Waals surface area contributed by atoms with Crippen LogP contribution in [-0.2, 0) is 37.6 Å². The number of nitrogen functional groups attached to an aromatic ring is 2. The number of nitrogens with two attached hydrogens (primary N) is 4. The van der Waals surface area contributed by atoms with Crippen LogP contribution in [0.5, 0.6) is 0 Å².